The van der Waals surface area contributed by atoms with E-state index >= 15 is 0 Å². The number of nitrogens with zero attached hydrogens (tertiary/aromatic N) is 1. The Bertz CT molecular complexity index is 1260. The predicted molar refractivity (Wildman–Crippen MR) is 132 cm³/mol. The molecule has 35 heavy (non-hydrogen) atoms. The SMILES string of the molecule is Cc1nsc(NC(=O)[C@H]2CC[C@@H](NC(=O)OCC3c4ccccc4-c4ccccc43)C2)c1C(=O)O. The molecule has 5 rings (SSSR count). The second-order valence-corrected chi connectivity index (χ2v) is 9.72. The van der Waals surface area contributed by atoms with Crippen molar-refractivity contribution in [3.63, 3.8) is 0 Å². The lowest BCUT2D eigenvalue weighted by Crippen LogP contribution is -2.35. The molecule has 0 aliphatic heterocycles. The van der Waals surface area contributed by atoms with Gasteiger partial charge in [-0.05, 0) is 60.0 Å². The third kappa shape index (κ3) is 4.51. The highest BCUT2D eigenvalue weighted by molar-refractivity contribution is 7.11. The molecule has 2 atom stereocenters. The average Bonchev–Trinajstić information content (AvgIpc) is 3.54. The van der Waals surface area contributed by atoms with Gasteiger partial charge in [0.2, 0.25) is 5.91 Å². The van der Waals surface area contributed by atoms with E-state index in [9.17, 15) is 19.5 Å². The molecule has 0 bridgehead atoms. The van der Waals surface area contributed by atoms with Gasteiger partial charge in [-0.15, -0.1) is 0 Å². The highest BCUT2D eigenvalue weighted by atomic mass is 32.1. The minimum atomic E-state index is -1.12. The number of nitrogens with one attached hydrogen (secondary N) is 2. The lowest BCUT2D eigenvalue weighted by Gasteiger charge is -2.17. The Hall–Kier alpha value is -3.72. The number of hydrogen-bond acceptors (Lipinski definition) is 6. The van der Waals surface area contributed by atoms with Crippen molar-refractivity contribution < 1.29 is 24.2 Å². The van der Waals surface area contributed by atoms with Crippen molar-refractivity contribution in [3.05, 3.63) is 70.9 Å². The molecule has 8 nitrogen and oxygen atoms in total. The van der Waals surface area contributed by atoms with Crippen LogP contribution in [0.2, 0.25) is 0 Å². The van der Waals surface area contributed by atoms with E-state index in [0.29, 0.717) is 25.0 Å². The number of carbonyl (C=O) groups excluding carboxylic acids is 2. The zero-order valence-corrected chi connectivity index (χ0v) is 19.9. The quantitative estimate of drug-likeness (QED) is 0.456. The number of aryl methyl sites for hydroxylation is 1. The van der Waals surface area contributed by atoms with E-state index < -0.39 is 12.1 Å². The van der Waals surface area contributed by atoms with Gasteiger partial charge in [0.25, 0.3) is 0 Å². The number of amides is 2. The molecule has 0 spiro atoms. The molecule has 2 amide bonds. The highest BCUT2D eigenvalue weighted by Gasteiger charge is 2.33. The van der Waals surface area contributed by atoms with Gasteiger partial charge >= 0.3 is 12.1 Å². The second-order valence-electron chi connectivity index (χ2n) is 8.94. The molecule has 2 aliphatic rings. The number of aromatic carboxylic acids is 1. The molecule has 0 saturated heterocycles. The van der Waals surface area contributed by atoms with Gasteiger partial charge in [-0.2, -0.15) is 4.37 Å². The van der Waals surface area contributed by atoms with Crippen LogP contribution in [-0.4, -0.2) is 40.1 Å². The summed E-state index contributed by atoms with van der Waals surface area (Å²) in [4.78, 5) is 36.7. The maximum atomic E-state index is 12.7. The van der Waals surface area contributed by atoms with E-state index in [1.807, 2.05) is 24.3 Å². The Labute approximate surface area is 206 Å². The molecule has 2 aromatic carbocycles. The minimum Gasteiger partial charge on any atom is -0.478 e. The summed E-state index contributed by atoms with van der Waals surface area (Å²) in [6.45, 7) is 1.83. The Morgan fingerprint density at radius 1 is 1.06 bits per heavy atom. The number of alkyl carbamates (subject to hydrolysis) is 1. The number of fused-ring (bicyclic) bond motifs is 3. The molecule has 2 aliphatic carbocycles. The molecule has 3 aromatic rings. The molecule has 9 heteroatoms. The first kappa shape index (κ1) is 23.0. The summed E-state index contributed by atoms with van der Waals surface area (Å²) in [6.07, 6.45) is 1.22. The Morgan fingerprint density at radius 3 is 2.37 bits per heavy atom. The number of ether oxygens (including phenoxy) is 1. The fourth-order valence-corrected chi connectivity index (χ4v) is 5.87. The van der Waals surface area contributed by atoms with Crippen LogP contribution in [0.25, 0.3) is 11.1 Å². The first-order valence-corrected chi connectivity index (χ1v) is 12.3. The van der Waals surface area contributed by atoms with Crippen LogP contribution >= 0.6 is 11.5 Å². The summed E-state index contributed by atoms with van der Waals surface area (Å²) < 4.78 is 9.64. The largest absolute Gasteiger partial charge is 0.478 e. The summed E-state index contributed by atoms with van der Waals surface area (Å²) >= 11 is 0.959. The van der Waals surface area contributed by atoms with Gasteiger partial charge in [0, 0.05) is 17.9 Å². The van der Waals surface area contributed by atoms with E-state index in [1.165, 1.54) is 11.1 Å². The number of carboxylic acid groups (broad SMARTS) is 1. The standard InChI is InChI=1S/C26H25N3O5S/c1-14-22(25(31)32)24(35-29-14)28-23(30)15-10-11-16(12-15)27-26(33)34-13-21-19-8-4-2-6-17(19)18-7-3-5-9-20(18)21/h2-9,15-16,21H,10-13H2,1H3,(H,27,33)(H,28,30)(H,31,32)/t15-,16+/m0/s1. The lowest BCUT2D eigenvalue weighted by atomic mass is 9.98. The smallest absolute Gasteiger partial charge is 0.407 e. The summed E-state index contributed by atoms with van der Waals surface area (Å²) in [5.74, 6) is -1.71. The third-order valence-electron chi connectivity index (χ3n) is 6.78. The normalized spacial score (nSPS) is 18.5. The first-order chi connectivity index (χ1) is 16.9. The van der Waals surface area contributed by atoms with Crippen LogP contribution in [0.15, 0.2) is 48.5 Å². The maximum absolute atomic E-state index is 12.7. The number of benzene rings is 2. The van der Waals surface area contributed by atoms with E-state index in [2.05, 4.69) is 39.3 Å². The monoisotopic (exact) mass is 491 g/mol. The molecule has 1 saturated carbocycles. The topological polar surface area (TPSA) is 118 Å². The van der Waals surface area contributed by atoms with Crippen molar-refractivity contribution in [2.75, 3.05) is 11.9 Å². The van der Waals surface area contributed by atoms with Crippen molar-refractivity contribution in [2.45, 2.75) is 38.1 Å². The van der Waals surface area contributed by atoms with Gasteiger partial charge in [-0.1, -0.05) is 48.5 Å². The number of anilines is 1. The summed E-state index contributed by atoms with van der Waals surface area (Å²) in [5, 5.41) is 15.2. The predicted octanol–water partition coefficient (Wildman–Crippen LogP) is 4.80. The fourth-order valence-electron chi connectivity index (χ4n) is 5.08. The van der Waals surface area contributed by atoms with Gasteiger partial charge in [0.05, 0.1) is 5.69 Å². The lowest BCUT2D eigenvalue weighted by molar-refractivity contribution is -0.119. The van der Waals surface area contributed by atoms with Crippen LogP contribution in [0.3, 0.4) is 0 Å². The molecule has 3 N–H and O–H groups in total. The summed E-state index contributed by atoms with van der Waals surface area (Å²) in [5.41, 5.74) is 5.04. The van der Waals surface area contributed by atoms with E-state index in [1.54, 1.807) is 6.92 Å². The van der Waals surface area contributed by atoms with Gasteiger partial charge < -0.3 is 20.5 Å². The van der Waals surface area contributed by atoms with E-state index in [4.69, 9.17) is 4.74 Å². The molecule has 0 unspecified atom stereocenters. The van der Waals surface area contributed by atoms with Gasteiger partial charge in [0.1, 0.15) is 17.2 Å². The average molecular weight is 492 g/mol. The summed E-state index contributed by atoms with van der Waals surface area (Å²) in [7, 11) is 0. The maximum Gasteiger partial charge on any atom is 0.407 e. The Kier molecular flexibility index (Phi) is 6.25. The number of hydrogen-bond donors (Lipinski definition) is 3. The Morgan fingerprint density at radius 2 is 1.71 bits per heavy atom. The van der Waals surface area contributed by atoms with Crippen molar-refractivity contribution in [3.8, 4) is 11.1 Å². The molecule has 1 heterocycles. The zero-order chi connectivity index (χ0) is 24.5. The zero-order valence-electron chi connectivity index (χ0n) is 19.1. The van der Waals surface area contributed by atoms with Gasteiger partial charge in [0.15, 0.2) is 0 Å². The Balaban J connectivity index is 1.15. The van der Waals surface area contributed by atoms with Crippen molar-refractivity contribution in [1.29, 1.82) is 0 Å². The highest BCUT2D eigenvalue weighted by Crippen LogP contribution is 2.44. The first-order valence-electron chi connectivity index (χ1n) is 11.5. The van der Waals surface area contributed by atoms with Crippen LogP contribution in [0.5, 0.6) is 0 Å². The van der Waals surface area contributed by atoms with Crippen LogP contribution in [0.1, 0.15) is 52.4 Å². The number of aromatic nitrogens is 1. The van der Waals surface area contributed by atoms with Crippen LogP contribution in [-0.2, 0) is 9.53 Å². The minimum absolute atomic E-state index is 0.0125. The van der Waals surface area contributed by atoms with Crippen LogP contribution in [0.4, 0.5) is 9.80 Å². The second kappa shape index (κ2) is 9.50. The third-order valence-corrected chi connectivity index (χ3v) is 7.64. The van der Waals surface area contributed by atoms with Crippen LogP contribution in [0, 0.1) is 12.8 Å². The number of carboxylic acids is 1. The molecule has 1 aromatic heterocycles. The van der Waals surface area contributed by atoms with Crippen LogP contribution < -0.4 is 10.6 Å². The van der Waals surface area contributed by atoms with E-state index in [0.717, 1.165) is 22.7 Å². The molecular weight excluding hydrogens is 466 g/mol. The molecule has 0 radical (unpaired) electrons. The molecule has 180 valence electrons. The summed E-state index contributed by atoms with van der Waals surface area (Å²) in [6, 6.07) is 16.2. The van der Waals surface area contributed by atoms with E-state index in [-0.39, 0.29) is 41.0 Å². The number of carbonyl (C=O) groups is 3. The number of rotatable bonds is 6. The van der Waals surface area contributed by atoms with Crippen molar-refractivity contribution >= 4 is 34.5 Å². The van der Waals surface area contributed by atoms with Crippen molar-refractivity contribution in [1.82, 2.24) is 9.69 Å². The van der Waals surface area contributed by atoms with Gasteiger partial charge in [-0.3, -0.25) is 4.79 Å². The fraction of sp³-hybridized carbons (Fsp3) is 0.308. The van der Waals surface area contributed by atoms with Gasteiger partial charge in [-0.25, -0.2) is 9.59 Å². The molecule has 1 fully saturated rings. The van der Waals surface area contributed by atoms with Crippen molar-refractivity contribution in [2.24, 2.45) is 5.92 Å². The molecular formula is C26H25N3O5S.